The minimum absolute atomic E-state index is 0.153. The quantitative estimate of drug-likeness (QED) is 0.276. The van der Waals surface area contributed by atoms with Crippen molar-refractivity contribution in [3.8, 4) is 11.1 Å². The molecule has 0 aliphatic carbocycles. The fourth-order valence-electron chi connectivity index (χ4n) is 4.36. The van der Waals surface area contributed by atoms with Crippen molar-refractivity contribution in [1.82, 2.24) is 0 Å². The SMILES string of the molecule is CCCCC[SiH]1CCC(c2c(-c3c(F)cccc3F)ccc(F)c2F)CC1. The Hall–Kier alpha value is -1.62. The molecule has 0 aromatic heterocycles. The number of rotatable bonds is 6. The molecule has 3 rings (SSSR count). The lowest BCUT2D eigenvalue weighted by Gasteiger charge is -2.30. The molecule has 0 atom stereocenters. The molecule has 0 spiro atoms. The molecule has 1 fully saturated rings. The standard InChI is InChI=1S/C22H26F4Si/c1-2-3-4-12-27-13-10-15(11-14-27)20-16(8-9-19(25)22(20)26)21-17(23)6-5-7-18(21)24/h5-9,15,27H,2-4,10-14H2,1H3. The highest BCUT2D eigenvalue weighted by atomic mass is 28.3. The third-order valence-electron chi connectivity index (χ3n) is 5.84. The van der Waals surface area contributed by atoms with Gasteiger partial charge >= 0.3 is 0 Å². The van der Waals surface area contributed by atoms with E-state index in [0.717, 1.165) is 43.1 Å². The zero-order valence-corrected chi connectivity index (χ0v) is 16.9. The normalized spacial score (nSPS) is 20.0. The summed E-state index contributed by atoms with van der Waals surface area (Å²) in [7, 11) is -0.821. The molecule has 0 saturated carbocycles. The van der Waals surface area contributed by atoms with Gasteiger partial charge in [0.15, 0.2) is 11.6 Å². The van der Waals surface area contributed by atoms with Crippen LogP contribution < -0.4 is 0 Å². The van der Waals surface area contributed by atoms with Gasteiger partial charge in [0.2, 0.25) is 0 Å². The van der Waals surface area contributed by atoms with Gasteiger partial charge in [-0.3, -0.25) is 0 Å². The molecule has 1 heterocycles. The van der Waals surface area contributed by atoms with Gasteiger partial charge in [0, 0.05) is 14.4 Å². The molecular weight excluding hydrogens is 368 g/mol. The maximum Gasteiger partial charge on any atom is 0.162 e. The Kier molecular flexibility index (Phi) is 6.74. The third-order valence-corrected chi connectivity index (χ3v) is 9.36. The van der Waals surface area contributed by atoms with Crippen LogP contribution in [0.4, 0.5) is 17.6 Å². The van der Waals surface area contributed by atoms with E-state index in [1.807, 2.05) is 0 Å². The molecule has 0 N–H and O–H groups in total. The van der Waals surface area contributed by atoms with E-state index in [-0.39, 0.29) is 22.6 Å². The summed E-state index contributed by atoms with van der Waals surface area (Å²) in [5, 5.41) is 0. The number of hydrogen-bond acceptors (Lipinski definition) is 0. The van der Waals surface area contributed by atoms with Gasteiger partial charge in [-0.05, 0) is 42.5 Å². The summed E-state index contributed by atoms with van der Waals surface area (Å²) < 4.78 is 57.3. The van der Waals surface area contributed by atoms with Gasteiger partial charge in [0.05, 0.1) is 5.56 Å². The Morgan fingerprint density at radius 1 is 0.889 bits per heavy atom. The van der Waals surface area contributed by atoms with Crippen molar-refractivity contribution in [3.63, 3.8) is 0 Å². The highest BCUT2D eigenvalue weighted by Gasteiger charge is 2.29. The van der Waals surface area contributed by atoms with Crippen molar-refractivity contribution < 1.29 is 17.6 Å². The van der Waals surface area contributed by atoms with Crippen LogP contribution in [0.1, 0.15) is 50.5 Å². The smallest absolute Gasteiger partial charge is 0.162 e. The van der Waals surface area contributed by atoms with Crippen LogP contribution in [0.25, 0.3) is 11.1 Å². The molecule has 1 aliphatic rings. The summed E-state index contributed by atoms with van der Waals surface area (Å²) in [6.45, 7) is 2.19. The number of unbranched alkanes of at least 4 members (excludes halogenated alkanes) is 2. The summed E-state index contributed by atoms with van der Waals surface area (Å²) in [4.78, 5) is 0. The van der Waals surface area contributed by atoms with E-state index in [1.165, 1.54) is 37.4 Å². The minimum atomic E-state index is -0.953. The van der Waals surface area contributed by atoms with Crippen molar-refractivity contribution in [2.24, 2.45) is 0 Å². The van der Waals surface area contributed by atoms with Gasteiger partial charge in [0.25, 0.3) is 0 Å². The van der Waals surface area contributed by atoms with Gasteiger partial charge in [-0.2, -0.15) is 0 Å². The van der Waals surface area contributed by atoms with Crippen LogP contribution in [0.15, 0.2) is 30.3 Å². The minimum Gasteiger partial charge on any atom is -0.206 e. The Bertz CT molecular complexity index is 762. The topological polar surface area (TPSA) is 0 Å². The summed E-state index contributed by atoms with van der Waals surface area (Å²) in [5.74, 6) is -3.57. The van der Waals surface area contributed by atoms with Crippen LogP contribution in [0.3, 0.4) is 0 Å². The fourth-order valence-corrected chi connectivity index (χ4v) is 7.84. The lowest BCUT2D eigenvalue weighted by molar-refractivity contribution is 0.477. The van der Waals surface area contributed by atoms with Crippen molar-refractivity contribution in [2.45, 2.75) is 63.1 Å². The van der Waals surface area contributed by atoms with Crippen molar-refractivity contribution in [3.05, 3.63) is 59.2 Å². The van der Waals surface area contributed by atoms with Gasteiger partial charge in [-0.1, -0.05) is 56.5 Å². The summed E-state index contributed by atoms with van der Waals surface area (Å²) in [6, 6.07) is 9.35. The second-order valence-electron chi connectivity index (χ2n) is 7.63. The largest absolute Gasteiger partial charge is 0.206 e. The Morgan fingerprint density at radius 2 is 1.56 bits per heavy atom. The van der Waals surface area contributed by atoms with Crippen LogP contribution in [0.2, 0.25) is 18.1 Å². The molecule has 0 radical (unpaired) electrons. The van der Waals surface area contributed by atoms with Crippen molar-refractivity contribution in [1.29, 1.82) is 0 Å². The average molecular weight is 395 g/mol. The lowest BCUT2D eigenvalue weighted by Crippen LogP contribution is -2.21. The van der Waals surface area contributed by atoms with Gasteiger partial charge < -0.3 is 0 Å². The monoisotopic (exact) mass is 394 g/mol. The maximum atomic E-state index is 14.7. The predicted octanol–water partition coefficient (Wildman–Crippen LogP) is 7.20. The van der Waals surface area contributed by atoms with Gasteiger partial charge in [-0.15, -0.1) is 0 Å². The fraction of sp³-hybridized carbons (Fsp3) is 0.455. The first kappa shape index (κ1) is 20.1. The molecule has 27 heavy (non-hydrogen) atoms. The Labute approximate surface area is 160 Å². The van der Waals surface area contributed by atoms with Crippen LogP contribution in [-0.4, -0.2) is 8.80 Å². The lowest BCUT2D eigenvalue weighted by atomic mass is 9.86. The van der Waals surface area contributed by atoms with E-state index in [1.54, 1.807) is 0 Å². The van der Waals surface area contributed by atoms with Crippen LogP contribution in [-0.2, 0) is 0 Å². The van der Waals surface area contributed by atoms with Crippen molar-refractivity contribution >= 4 is 8.80 Å². The third kappa shape index (κ3) is 4.45. The molecule has 146 valence electrons. The van der Waals surface area contributed by atoms with Gasteiger partial charge in [-0.25, -0.2) is 17.6 Å². The molecule has 0 nitrogen and oxygen atoms in total. The molecule has 0 bridgehead atoms. The maximum absolute atomic E-state index is 14.7. The Balaban J connectivity index is 1.89. The predicted molar refractivity (Wildman–Crippen MR) is 105 cm³/mol. The molecular formula is C22H26F4Si. The van der Waals surface area contributed by atoms with Crippen LogP contribution >= 0.6 is 0 Å². The second kappa shape index (κ2) is 9.05. The molecule has 0 amide bonds. The van der Waals surface area contributed by atoms with E-state index < -0.39 is 32.1 Å². The molecule has 5 heteroatoms. The van der Waals surface area contributed by atoms with E-state index in [2.05, 4.69) is 6.92 Å². The molecule has 1 saturated heterocycles. The van der Waals surface area contributed by atoms with E-state index in [9.17, 15) is 17.6 Å². The average Bonchev–Trinajstić information content (AvgIpc) is 2.66. The second-order valence-corrected chi connectivity index (χ2v) is 11.1. The van der Waals surface area contributed by atoms with Gasteiger partial charge in [0.1, 0.15) is 11.6 Å². The molecule has 0 unspecified atom stereocenters. The van der Waals surface area contributed by atoms with E-state index >= 15 is 0 Å². The number of hydrogen-bond donors (Lipinski definition) is 0. The first-order valence-electron chi connectivity index (χ1n) is 9.95. The van der Waals surface area contributed by atoms with E-state index in [0.29, 0.717) is 0 Å². The van der Waals surface area contributed by atoms with Crippen LogP contribution in [0.5, 0.6) is 0 Å². The summed E-state index contributed by atoms with van der Waals surface area (Å²) >= 11 is 0. The Morgan fingerprint density at radius 3 is 2.19 bits per heavy atom. The zero-order valence-electron chi connectivity index (χ0n) is 15.7. The zero-order chi connectivity index (χ0) is 19.4. The summed E-state index contributed by atoms with van der Waals surface area (Å²) in [6.07, 6.45) is 5.29. The first-order chi connectivity index (χ1) is 13.0. The molecule has 2 aromatic rings. The molecule has 2 aromatic carbocycles. The summed E-state index contributed by atoms with van der Waals surface area (Å²) in [5.41, 5.74) is 0.0503. The number of halogens is 4. The van der Waals surface area contributed by atoms with Crippen LogP contribution in [0, 0.1) is 23.3 Å². The highest BCUT2D eigenvalue weighted by molar-refractivity contribution is 6.59. The molecule has 1 aliphatic heterocycles. The van der Waals surface area contributed by atoms with E-state index in [4.69, 9.17) is 0 Å². The first-order valence-corrected chi connectivity index (χ1v) is 12.4. The number of benzene rings is 2. The van der Waals surface area contributed by atoms with Crippen molar-refractivity contribution in [2.75, 3.05) is 0 Å². The highest BCUT2D eigenvalue weighted by Crippen LogP contribution is 2.42.